The van der Waals surface area contributed by atoms with Gasteiger partial charge in [0.15, 0.2) is 0 Å². The maximum absolute atomic E-state index is 4.24. The monoisotopic (exact) mass is 167 g/mol. The van der Waals surface area contributed by atoms with Gasteiger partial charge in [0.1, 0.15) is 0 Å². The quantitative estimate of drug-likeness (QED) is 0.502. The lowest BCUT2D eigenvalue weighted by atomic mass is 10.4. The van der Waals surface area contributed by atoms with E-state index in [4.69, 9.17) is 0 Å². The Morgan fingerprint density at radius 2 is 2.15 bits per heavy atom. The van der Waals surface area contributed by atoms with Crippen molar-refractivity contribution in [3.8, 4) is 0 Å². The van der Waals surface area contributed by atoms with Gasteiger partial charge in [0.2, 0.25) is 0 Å². The van der Waals surface area contributed by atoms with Gasteiger partial charge in [-0.15, -0.1) is 0 Å². The second-order valence-electron chi connectivity index (χ2n) is 2.95. The lowest BCUT2D eigenvalue weighted by Crippen LogP contribution is -1.80. The van der Waals surface area contributed by atoms with E-state index in [2.05, 4.69) is 15.5 Å². The number of rotatable bonds is 0. The highest BCUT2D eigenvalue weighted by molar-refractivity contribution is 5.82. The number of aromatic nitrogens is 2. The first-order chi connectivity index (χ1) is 6.45. The molecule has 0 aromatic carbocycles. The fourth-order valence-electron chi connectivity index (χ4n) is 1.56. The average molecular weight is 167 g/mol. The number of pyridine rings is 2. The molecule has 3 aromatic rings. The molecule has 2 nitrogen and oxygen atoms in total. The minimum absolute atomic E-state index is 0.925. The Morgan fingerprint density at radius 3 is 3.15 bits per heavy atom. The van der Waals surface area contributed by atoms with Gasteiger partial charge >= 0.3 is 0 Å². The number of fused-ring (bicyclic) bond motifs is 3. The summed E-state index contributed by atoms with van der Waals surface area (Å²) in [5.41, 5.74) is 3.10. The van der Waals surface area contributed by atoms with Gasteiger partial charge in [-0.25, -0.2) is 0 Å². The van der Waals surface area contributed by atoms with Crippen LogP contribution in [0.15, 0.2) is 42.7 Å². The highest BCUT2D eigenvalue weighted by Crippen LogP contribution is 2.15. The van der Waals surface area contributed by atoms with Crippen molar-refractivity contribution in [2.45, 2.75) is 0 Å². The Bertz CT molecular complexity index is 516. The highest BCUT2D eigenvalue weighted by Gasteiger charge is 2.00. The topological polar surface area (TPSA) is 17.3 Å². The van der Waals surface area contributed by atoms with Gasteiger partial charge in [-0.1, -0.05) is 6.07 Å². The minimum Gasteiger partial charge on any atom is -0.314 e. The first-order valence-electron chi connectivity index (χ1n) is 4.18. The molecule has 1 radical (unpaired) electrons. The fraction of sp³-hybridized carbons (Fsp3) is 0. The zero-order valence-electron chi connectivity index (χ0n) is 6.94. The molecule has 0 aliphatic rings. The maximum atomic E-state index is 4.24. The van der Waals surface area contributed by atoms with E-state index in [1.165, 1.54) is 0 Å². The molecule has 61 valence electrons. The third kappa shape index (κ3) is 0.855. The Kier molecular flexibility index (Phi) is 1.19. The van der Waals surface area contributed by atoms with Gasteiger partial charge in [0.05, 0.1) is 16.6 Å². The molecule has 0 aliphatic carbocycles. The van der Waals surface area contributed by atoms with Crippen LogP contribution in [0.4, 0.5) is 0 Å². The van der Waals surface area contributed by atoms with Crippen LogP contribution in [0.3, 0.4) is 0 Å². The van der Waals surface area contributed by atoms with Crippen LogP contribution in [0.1, 0.15) is 0 Å². The van der Waals surface area contributed by atoms with Gasteiger partial charge in [-0.3, -0.25) is 4.98 Å². The molecule has 0 atom stereocenters. The first kappa shape index (κ1) is 6.66. The molecule has 13 heavy (non-hydrogen) atoms. The van der Waals surface area contributed by atoms with Gasteiger partial charge in [0, 0.05) is 18.5 Å². The van der Waals surface area contributed by atoms with Gasteiger partial charge in [-0.05, 0) is 24.3 Å². The van der Waals surface area contributed by atoms with Crippen molar-refractivity contribution in [3.05, 3.63) is 48.8 Å². The Hall–Kier alpha value is -1.83. The van der Waals surface area contributed by atoms with Crippen LogP contribution in [0.2, 0.25) is 0 Å². The molecule has 0 spiro atoms. The van der Waals surface area contributed by atoms with Crippen LogP contribution in [0.25, 0.3) is 16.6 Å². The van der Waals surface area contributed by atoms with E-state index in [1.807, 2.05) is 36.5 Å². The molecule has 3 aromatic heterocycles. The molecular weight excluding hydrogens is 160 g/mol. The molecule has 0 fully saturated rings. The van der Waals surface area contributed by atoms with Crippen molar-refractivity contribution in [2.75, 3.05) is 0 Å². The fourth-order valence-corrected chi connectivity index (χ4v) is 1.56. The summed E-state index contributed by atoms with van der Waals surface area (Å²) in [5.74, 6) is 0. The first-order valence-corrected chi connectivity index (χ1v) is 4.18. The average Bonchev–Trinajstić information content (AvgIpc) is 2.56. The molecule has 3 heterocycles. The summed E-state index contributed by atoms with van der Waals surface area (Å²) in [7, 11) is 0. The van der Waals surface area contributed by atoms with Crippen LogP contribution >= 0.6 is 0 Å². The molecule has 3 rings (SSSR count). The Balaban J connectivity index is 2.64. The van der Waals surface area contributed by atoms with Gasteiger partial charge < -0.3 is 4.40 Å². The zero-order chi connectivity index (χ0) is 8.67. The summed E-state index contributed by atoms with van der Waals surface area (Å²) in [6.45, 7) is 0. The second kappa shape index (κ2) is 2.33. The van der Waals surface area contributed by atoms with E-state index in [-0.39, 0.29) is 0 Å². The summed E-state index contributed by atoms with van der Waals surface area (Å²) in [6, 6.07) is 13.3. The maximum Gasteiger partial charge on any atom is 0.0970 e. The normalized spacial score (nSPS) is 11.1. The van der Waals surface area contributed by atoms with Crippen LogP contribution in [0, 0.1) is 6.07 Å². The molecular formula is C11H7N2. The molecule has 0 saturated carbocycles. The second-order valence-corrected chi connectivity index (χ2v) is 2.95. The summed E-state index contributed by atoms with van der Waals surface area (Å²) in [4.78, 5) is 4.24. The van der Waals surface area contributed by atoms with Crippen molar-refractivity contribution >= 4 is 16.6 Å². The largest absolute Gasteiger partial charge is 0.314 e. The summed E-state index contributed by atoms with van der Waals surface area (Å²) in [5, 5.41) is 0. The van der Waals surface area contributed by atoms with E-state index in [0.717, 1.165) is 16.6 Å². The molecule has 0 aliphatic heterocycles. The van der Waals surface area contributed by atoms with Crippen molar-refractivity contribution < 1.29 is 0 Å². The van der Waals surface area contributed by atoms with Crippen LogP contribution in [0.5, 0.6) is 0 Å². The minimum atomic E-state index is 0.925. The van der Waals surface area contributed by atoms with Crippen LogP contribution in [-0.4, -0.2) is 9.38 Å². The van der Waals surface area contributed by atoms with Crippen LogP contribution in [-0.2, 0) is 0 Å². The summed E-state index contributed by atoms with van der Waals surface area (Å²) < 4.78 is 2.09. The summed E-state index contributed by atoms with van der Waals surface area (Å²) >= 11 is 0. The smallest absolute Gasteiger partial charge is 0.0970 e. The lowest BCUT2D eigenvalue weighted by Gasteiger charge is -1.93. The lowest BCUT2D eigenvalue weighted by molar-refractivity contribution is 1.25. The van der Waals surface area contributed by atoms with E-state index in [9.17, 15) is 0 Å². The Morgan fingerprint density at radius 1 is 1.15 bits per heavy atom. The van der Waals surface area contributed by atoms with Gasteiger partial charge in [-0.2, -0.15) is 0 Å². The van der Waals surface area contributed by atoms with Crippen molar-refractivity contribution in [3.63, 3.8) is 0 Å². The third-order valence-corrected chi connectivity index (χ3v) is 2.15. The number of nitrogens with zero attached hydrogens (tertiary/aromatic N) is 2. The van der Waals surface area contributed by atoms with Crippen molar-refractivity contribution in [1.29, 1.82) is 0 Å². The molecule has 0 bridgehead atoms. The zero-order valence-corrected chi connectivity index (χ0v) is 6.94. The molecule has 2 heteroatoms. The van der Waals surface area contributed by atoms with E-state index >= 15 is 0 Å². The number of hydrogen-bond acceptors (Lipinski definition) is 1. The van der Waals surface area contributed by atoms with E-state index in [1.54, 1.807) is 6.20 Å². The molecule has 0 N–H and O–H groups in total. The predicted octanol–water partition coefficient (Wildman–Crippen LogP) is 2.29. The highest BCUT2D eigenvalue weighted by atomic mass is 14.9. The Labute approximate surface area is 75.5 Å². The molecule has 0 unspecified atom stereocenters. The van der Waals surface area contributed by atoms with Crippen molar-refractivity contribution in [1.82, 2.24) is 9.38 Å². The van der Waals surface area contributed by atoms with E-state index < -0.39 is 0 Å². The van der Waals surface area contributed by atoms with Crippen molar-refractivity contribution in [2.24, 2.45) is 0 Å². The third-order valence-electron chi connectivity index (χ3n) is 2.15. The summed E-state index contributed by atoms with van der Waals surface area (Å²) in [6.07, 6.45) is 3.81. The molecule has 0 saturated heterocycles. The predicted molar refractivity (Wildman–Crippen MR) is 51.5 cm³/mol. The number of hydrogen-bond donors (Lipinski definition) is 0. The SMILES string of the molecule is [c]1c2ncccc2n2ccccc12. The van der Waals surface area contributed by atoms with Crippen LogP contribution < -0.4 is 0 Å². The molecule has 0 amide bonds. The van der Waals surface area contributed by atoms with E-state index in [0.29, 0.717) is 0 Å². The standard InChI is InChI=1S/C11H7N2/c1-2-7-13-9(4-1)8-10-11(13)5-3-6-12-10/h1-7H. The van der Waals surface area contributed by atoms with Gasteiger partial charge in [0.25, 0.3) is 0 Å².